The molecule has 6 nitrogen and oxygen atoms in total. The van der Waals surface area contributed by atoms with E-state index in [0.717, 1.165) is 30.1 Å². The van der Waals surface area contributed by atoms with E-state index in [1.807, 2.05) is 29.2 Å². The Morgan fingerprint density at radius 3 is 2.43 bits per heavy atom. The maximum atomic E-state index is 13.1. The van der Waals surface area contributed by atoms with Gasteiger partial charge in [0.05, 0.1) is 24.6 Å². The molecule has 2 heterocycles. The number of ether oxygens (including phenoxy) is 1. The van der Waals surface area contributed by atoms with Crippen LogP contribution >= 0.6 is 0 Å². The van der Waals surface area contributed by atoms with Gasteiger partial charge in [-0.2, -0.15) is 5.10 Å². The molecule has 0 radical (unpaired) electrons. The smallest absolute Gasteiger partial charge is 0.257 e. The van der Waals surface area contributed by atoms with Crippen molar-refractivity contribution in [2.24, 2.45) is 0 Å². The van der Waals surface area contributed by atoms with Gasteiger partial charge in [-0.1, -0.05) is 18.2 Å². The van der Waals surface area contributed by atoms with Gasteiger partial charge in [0, 0.05) is 37.4 Å². The van der Waals surface area contributed by atoms with E-state index in [1.54, 1.807) is 13.3 Å². The lowest BCUT2D eigenvalue weighted by molar-refractivity contribution is 0.0747. The zero-order chi connectivity index (χ0) is 19.5. The molecule has 1 aliphatic heterocycles. The summed E-state index contributed by atoms with van der Waals surface area (Å²) in [6.07, 6.45) is 1.62. The maximum absolute atomic E-state index is 13.1. The topological polar surface area (TPSA) is 61.5 Å². The number of carbonyl (C=O) groups is 1. The lowest BCUT2D eigenvalue weighted by atomic mass is 10.1. The SMILES string of the molecule is COc1ccc(-c2[nH]ncc2C(=O)N2CCN(c3ccccc3C)CC2)cc1. The summed E-state index contributed by atoms with van der Waals surface area (Å²) in [5.41, 5.74) is 4.78. The van der Waals surface area contributed by atoms with Crippen LogP contribution in [0.4, 0.5) is 5.69 Å². The van der Waals surface area contributed by atoms with Crippen LogP contribution in [0.5, 0.6) is 5.75 Å². The molecule has 3 aromatic rings. The van der Waals surface area contributed by atoms with Crippen LogP contribution in [-0.2, 0) is 0 Å². The molecule has 0 spiro atoms. The highest BCUT2D eigenvalue weighted by molar-refractivity contribution is 5.99. The van der Waals surface area contributed by atoms with Crippen molar-refractivity contribution in [1.29, 1.82) is 0 Å². The van der Waals surface area contributed by atoms with E-state index < -0.39 is 0 Å². The number of hydrogen-bond donors (Lipinski definition) is 1. The minimum Gasteiger partial charge on any atom is -0.497 e. The van der Waals surface area contributed by atoms with E-state index in [1.165, 1.54) is 11.3 Å². The molecular weight excluding hydrogens is 352 g/mol. The Balaban J connectivity index is 1.48. The second-order valence-corrected chi connectivity index (χ2v) is 6.95. The van der Waals surface area contributed by atoms with Gasteiger partial charge in [0.15, 0.2) is 0 Å². The minimum absolute atomic E-state index is 0.0176. The highest BCUT2D eigenvalue weighted by Gasteiger charge is 2.25. The van der Waals surface area contributed by atoms with E-state index in [-0.39, 0.29) is 5.91 Å². The number of amides is 1. The molecule has 0 aliphatic carbocycles. The molecule has 1 amide bonds. The number of carbonyl (C=O) groups excluding carboxylic acids is 1. The number of piperazine rings is 1. The number of para-hydroxylation sites is 1. The van der Waals surface area contributed by atoms with E-state index in [9.17, 15) is 4.79 Å². The lowest BCUT2D eigenvalue weighted by Gasteiger charge is -2.36. The fourth-order valence-corrected chi connectivity index (χ4v) is 3.67. The Labute approximate surface area is 164 Å². The normalized spacial score (nSPS) is 14.2. The number of aryl methyl sites for hydroxylation is 1. The first-order valence-electron chi connectivity index (χ1n) is 9.45. The highest BCUT2D eigenvalue weighted by atomic mass is 16.5. The Morgan fingerprint density at radius 1 is 1.04 bits per heavy atom. The molecule has 0 unspecified atom stereocenters. The summed E-state index contributed by atoms with van der Waals surface area (Å²) in [6, 6.07) is 16.0. The molecule has 1 aromatic heterocycles. The predicted octanol–water partition coefficient (Wildman–Crippen LogP) is 3.36. The van der Waals surface area contributed by atoms with Crippen LogP contribution in [0.25, 0.3) is 11.3 Å². The van der Waals surface area contributed by atoms with Gasteiger partial charge >= 0.3 is 0 Å². The highest BCUT2D eigenvalue weighted by Crippen LogP contribution is 2.26. The third-order valence-electron chi connectivity index (χ3n) is 5.27. The van der Waals surface area contributed by atoms with Crippen molar-refractivity contribution in [2.75, 3.05) is 38.2 Å². The number of nitrogens with zero attached hydrogens (tertiary/aromatic N) is 3. The van der Waals surface area contributed by atoms with E-state index >= 15 is 0 Å². The van der Waals surface area contributed by atoms with Crippen molar-refractivity contribution in [3.8, 4) is 17.0 Å². The molecular formula is C22H24N4O2. The summed E-state index contributed by atoms with van der Waals surface area (Å²) in [4.78, 5) is 17.4. The van der Waals surface area contributed by atoms with Crippen molar-refractivity contribution in [3.63, 3.8) is 0 Å². The molecule has 1 aliphatic rings. The molecule has 144 valence electrons. The quantitative estimate of drug-likeness (QED) is 0.759. The number of H-pyrrole nitrogens is 1. The second kappa shape index (κ2) is 7.76. The third-order valence-corrected chi connectivity index (χ3v) is 5.27. The molecule has 1 saturated heterocycles. The number of aromatic nitrogens is 2. The van der Waals surface area contributed by atoms with Gasteiger partial charge in [-0.15, -0.1) is 0 Å². The van der Waals surface area contributed by atoms with Crippen LogP contribution in [0, 0.1) is 6.92 Å². The molecule has 0 bridgehead atoms. The summed E-state index contributed by atoms with van der Waals surface area (Å²) in [5, 5.41) is 7.09. The van der Waals surface area contributed by atoms with Crippen LogP contribution in [0.1, 0.15) is 15.9 Å². The van der Waals surface area contributed by atoms with Crippen LogP contribution in [0.2, 0.25) is 0 Å². The number of methoxy groups -OCH3 is 1. The molecule has 1 N–H and O–H groups in total. The number of nitrogens with one attached hydrogen (secondary N) is 1. The molecule has 1 fully saturated rings. The molecule has 28 heavy (non-hydrogen) atoms. The minimum atomic E-state index is 0.0176. The first-order valence-corrected chi connectivity index (χ1v) is 9.45. The Bertz CT molecular complexity index is 957. The number of hydrogen-bond acceptors (Lipinski definition) is 4. The summed E-state index contributed by atoms with van der Waals surface area (Å²) in [7, 11) is 1.64. The number of aromatic amines is 1. The summed E-state index contributed by atoms with van der Waals surface area (Å²) < 4.78 is 5.21. The number of rotatable bonds is 4. The number of anilines is 1. The molecule has 0 saturated carbocycles. The van der Waals surface area contributed by atoms with Gasteiger partial charge in [0.25, 0.3) is 5.91 Å². The van der Waals surface area contributed by atoms with Gasteiger partial charge in [0.2, 0.25) is 0 Å². The van der Waals surface area contributed by atoms with Crippen LogP contribution < -0.4 is 9.64 Å². The molecule has 4 rings (SSSR count). The maximum Gasteiger partial charge on any atom is 0.257 e. The van der Waals surface area contributed by atoms with Crippen LogP contribution in [0.15, 0.2) is 54.7 Å². The van der Waals surface area contributed by atoms with E-state index in [2.05, 4.69) is 46.3 Å². The molecule has 2 aromatic carbocycles. The zero-order valence-corrected chi connectivity index (χ0v) is 16.2. The average molecular weight is 376 g/mol. The van der Waals surface area contributed by atoms with Gasteiger partial charge in [-0.05, 0) is 42.8 Å². The Hall–Kier alpha value is -3.28. The van der Waals surface area contributed by atoms with Crippen LogP contribution in [0.3, 0.4) is 0 Å². The Morgan fingerprint density at radius 2 is 1.75 bits per heavy atom. The number of benzene rings is 2. The summed E-state index contributed by atoms with van der Waals surface area (Å²) in [5.74, 6) is 0.799. The van der Waals surface area contributed by atoms with Crippen molar-refractivity contribution in [3.05, 3.63) is 65.9 Å². The zero-order valence-electron chi connectivity index (χ0n) is 16.2. The van der Waals surface area contributed by atoms with Crippen molar-refractivity contribution >= 4 is 11.6 Å². The van der Waals surface area contributed by atoms with Crippen molar-refractivity contribution in [2.45, 2.75) is 6.92 Å². The molecule has 6 heteroatoms. The summed E-state index contributed by atoms with van der Waals surface area (Å²) >= 11 is 0. The monoisotopic (exact) mass is 376 g/mol. The van der Waals surface area contributed by atoms with Gasteiger partial charge in [0.1, 0.15) is 5.75 Å². The Kier molecular flexibility index (Phi) is 5.02. The molecule has 0 atom stereocenters. The fraction of sp³-hybridized carbons (Fsp3) is 0.273. The lowest BCUT2D eigenvalue weighted by Crippen LogP contribution is -2.49. The van der Waals surface area contributed by atoms with E-state index in [0.29, 0.717) is 18.7 Å². The van der Waals surface area contributed by atoms with E-state index in [4.69, 9.17) is 4.74 Å². The fourth-order valence-electron chi connectivity index (χ4n) is 3.67. The first-order chi connectivity index (χ1) is 13.7. The largest absolute Gasteiger partial charge is 0.497 e. The van der Waals surface area contributed by atoms with Gasteiger partial charge in [-0.25, -0.2) is 0 Å². The first kappa shape index (κ1) is 18.1. The third kappa shape index (κ3) is 3.45. The van der Waals surface area contributed by atoms with Gasteiger partial charge < -0.3 is 14.5 Å². The van der Waals surface area contributed by atoms with Gasteiger partial charge in [-0.3, -0.25) is 9.89 Å². The van der Waals surface area contributed by atoms with Crippen LogP contribution in [-0.4, -0.2) is 54.3 Å². The average Bonchev–Trinajstić information content (AvgIpc) is 3.24. The predicted molar refractivity (Wildman–Crippen MR) is 110 cm³/mol. The summed E-state index contributed by atoms with van der Waals surface area (Å²) in [6.45, 7) is 5.17. The van der Waals surface area contributed by atoms with Crippen molar-refractivity contribution in [1.82, 2.24) is 15.1 Å². The second-order valence-electron chi connectivity index (χ2n) is 6.95. The van der Waals surface area contributed by atoms with Crippen molar-refractivity contribution < 1.29 is 9.53 Å². The standard InChI is InChI=1S/C22H24N4O2/c1-16-5-3-4-6-20(16)25-11-13-26(14-12-25)22(27)19-15-23-24-21(19)17-7-9-18(28-2)10-8-17/h3-10,15H,11-14H2,1-2H3,(H,23,24).